The third-order valence-electron chi connectivity index (χ3n) is 2.41. The zero-order chi connectivity index (χ0) is 12.5. The number of fused-ring (bicyclic) bond motifs is 1. The second-order valence-corrected chi connectivity index (χ2v) is 4.45. The van der Waals surface area contributed by atoms with E-state index in [0.29, 0.717) is 21.7 Å². The van der Waals surface area contributed by atoms with Gasteiger partial charge >= 0.3 is 0 Å². The van der Waals surface area contributed by atoms with E-state index in [-0.39, 0.29) is 11.7 Å². The van der Waals surface area contributed by atoms with E-state index in [2.05, 4.69) is 20.5 Å². The van der Waals surface area contributed by atoms with Gasteiger partial charge in [-0.05, 0) is 24.3 Å². The number of aromatic nitrogens is 3. The number of halogens is 1. The lowest BCUT2D eigenvalue weighted by molar-refractivity contribution is 0.102. The quantitative estimate of drug-likeness (QED) is 0.745. The highest BCUT2D eigenvalue weighted by molar-refractivity contribution is 7.13. The Bertz CT molecular complexity index is 707. The van der Waals surface area contributed by atoms with Crippen LogP contribution in [0.3, 0.4) is 0 Å². The molecule has 0 fully saturated rings. The molecule has 5 nitrogen and oxygen atoms in total. The molecule has 3 aromatic rings. The van der Waals surface area contributed by atoms with E-state index < -0.39 is 0 Å². The van der Waals surface area contributed by atoms with Crippen LogP contribution < -0.4 is 5.32 Å². The average Bonchev–Trinajstić information content (AvgIpc) is 2.96. The summed E-state index contributed by atoms with van der Waals surface area (Å²) in [6, 6.07) is 5.89. The number of nitrogens with one attached hydrogen (secondary N) is 2. The van der Waals surface area contributed by atoms with Crippen molar-refractivity contribution in [3.63, 3.8) is 0 Å². The number of nitrogens with zero attached hydrogens (tertiary/aromatic N) is 2. The van der Waals surface area contributed by atoms with Crippen LogP contribution in [0.2, 0.25) is 0 Å². The number of carbonyl (C=O) groups excluding carboxylic acids is 1. The molecular weight excluding hydrogens is 255 g/mol. The Balaban J connectivity index is 1.92. The fourth-order valence-corrected chi connectivity index (χ4v) is 2.06. The Morgan fingerprint density at radius 3 is 3.06 bits per heavy atom. The minimum Gasteiger partial charge on any atom is -0.351 e. The molecule has 3 rings (SSSR count). The first-order chi connectivity index (χ1) is 8.72. The number of carbonyl (C=O) groups is 1. The molecule has 0 radical (unpaired) electrons. The summed E-state index contributed by atoms with van der Waals surface area (Å²) in [7, 11) is 0. The summed E-state index contributed by atoms with van der Waals surface area (Å²) in [6.45, 7) is 0. The van der Waals surface area contributed by atoms with Gasteiger partial charge < -0.3 is 4.98 Å². The third-order valence-corrected chi connectivity index (χ3v) is 3.01. The first-order valence-corrected chi connectivity index (χ1v) is 5.96. The van der Waals surface area contributed by atoms with Gasteiger partial charge in [-0.3, -0.25) is 10.1 Å². The summed E-state index contributed by atoms with van der Waals surface area (Å²) >= 11 is 1.23. The summed E-state index contributed by atoms with van der Waals surface area (Å²) in [5, 5.41) is 11.0. The number of aromatic amines is 1. The Hall–Kier alpha value is -2.28. The van der Waals surface area contributed by atoms with Crippen LogP contribution in [-0.2, 0) is 0 Å². The van der Waals surface area contributed by atoms with Gasteiger partial charge in [0.2, 0.25) is 5.13 Å². The molecule has 2 N–H and O–H groups in total. The van der Waals surface area contributed by atoms with Crippen molar-refractivity contribution < 1.29 is 9.18 Å². The van der Waals surface area contributed by atoms with Crippen LogP contribution in [0.15, 0.2) is 29.8 Å². The lowest BCUT2D eigenvalue weighted by Crippen LogP contribution is -2.11. The molecule has 1 aromatic carbocycles. The average molecular weight is 262 g/mol. The minimum absolute atomic E-state index is 0.330. The predicted octanol–water partition coefficient (Wildman–Crippen LogP) is 2.41. The molecule has 0 aliphatic rings. The first kappa shape index (κ1) is 10.8. The number of hydrogen-bond acceptors (Lipinski definition) is 4. The number of hydrogen-bond donors (Lipinski definition) is 2. The van der Waals surface area contributed by atoms with Gasteiger partial charge in [-0.25, -0.2) is 4.39 Å². The topological polar surface area (TPSA) is 70.7 Å². The van der Waals surface area contributed by atoms with Gasteiger partial charge in [0.1, 0.15) is 17.0 Å². The smallest absolute Gasteiger partial charge is 0.273 e. The molecule has 0 aliphatic carbocycles. The molecule has 90 valence electrons. The molecule has 18 heavy (non-hydrogen) atoms. The molecule has 0 spiro atoms. The van der Waals surface area contributed by atoms with E-state index in [1.807, 2.05) is 0 Å². The highest BCUT2D eigenvalue weighted by atomic mass is 32.1. The largest absolute Gasteiger partial charge is 0.351 e. The van der Waals surface area contributed by atoms with E-state index >= 15 is 0 Å². The van der Waals surface area contributed by atoms with Crippen molar-refractivity contribution >= 4 is 33.3 Å². The fraction of sp³-hybridized carbons (Fsp3) is 0. The number of rotatable bonds is 2. The van der Waals surface area contributed by atoms with Crippen LogP contribution in [-0.4, -0.2) is 21.1 Å². The SMILES string of the molecule is O=C(Nc1nncs1)c1cc2cc(F)ccc2[nH]1. The molecule has 0 aliphatic heterocycles. The molecule has 2 heterocycles. The molecule has 0 saturated carbocycles. The Labute approximate surface area is 105 Å². The highest BCUT2D eigenvalue weighted by Crippen LogP contribution is 2.18. The Kier molecular flexibility index (Phi) is 2.52. The summed E-state index contributed by atoms with van der Waals surface area (Å²) in [6.07, 6.45) is 0. The van der Waals surface area contributed by atoms with Gasteiger partial charge in [-0.15, -0.1) is 10.2 Å². The van der Waals surface area contributed by atoms with Gasteiger partial charge in [0.25, 0.3) is 5.91 Å². The van der Waals surface area contributed by atoms with Crippen molar-refractivity contribution in [3.05, 3.63) is 41.3 Å². The maximum Gasteiger partial charge on any atom is 0.273 e. The number of anilines is 1. The molecule has 0 saturated heterocycles. The van der Waals surface area contributed by atoms with Gasteiger partial charge in [0, 0.05) is 10.9 Å². The van der Waals surface area contributed by atoms with Gasteiger partial charge in [0.05, 0.1) is 0 Å². The Morgan fingerprint density at radius 2 is 2.28 bits per heavy atom. The van der Waals surface area contributed by atoms with E-state index in [4.69, 9.17) is 0 Å². The zero-order valence-electron chi connectivity index (χ0n) is 8.98. The second kappa shape index (κ2) is 4.19. The monoisotopic (exact) mass is 262 g/mol. The molecule has 7 heteroatoms. The lowest BCUT2D eigenvalue weighted by atomic mass is 10.2. The van der Waals surface area contributed by atoms with Crippen LogP contribution in [0.1, 0.15) is 10.5 Å². The van der Waals surface area contributed by atoms with Crippen LogP contribution in [0.25, 0.3) is 10.9 Å². The van der Waals surface area contributed by atoms with Gasteiger partial charge in [0.15, 0.2) is 0 Å². The molecule has 2 aromatic heterocycles. The molecule has 0 atom stereocenters. The maximum absolute atomic E-state index is 13.0. The third kappa shape index (κ3) is 1.95. The second-order valence-electron chi connectivity index (χ2n) is 3.61. The number of H-pyrrole nitrogens is 1. The van der Waals surface area contributed by atoms with E-state index in [9.17, 15) is 9.18 Å². The van der Waals surface area contributed by atoms with Crippen molar-refractivity contribution in [2.24, 2.45) is 0 Å². The van der Waals surface area contributed by atoms with Crippen LogP contribution >= 0.6 is 11.3 Å². The minimum atomic E-state index is -0.336. The standard InChI is InChI=1S/C11H7FN4OS/c12-7-1-2-8-6(3-7)4-9(14-8)10(17)15-11-16-13-5-18-11/h1-5,14H,(H,15,16,17). The Morgan fingerprint density at radius 1 is 1.39 bits per heavy atom. The zero-order valence-corrected chi connectivity index (χ0v) is 9.79. The van der Waals surface area contributed by atoms with Crippen molar-refractivity contribution in [2.75, 3.05) is 5.32 Å². The van der Waals surface area contributed by atoms with E-state index in [1.165, 1.54) is 29.0 Å². The molecule has 0 unspecified atom stereocenters. The van der Waals surface area contributed by atoms with E-state index in [1.54, 1.807) is 12.1 Å². The van der Waals surface area contributed by atoms with Crippen molar-refractivity contribution in [1.82, 2.24) is 15.2 Å². The molecule has 0 bridgehead atoms. The summed E-state index contributed by atoms with van der Waals surface area (Å²) in [4.78, 5) is 14.8. The summed E-state index contributed by atoms with van der Waals surface area (Å²) in [5.41, 5.74) is 2.58. The van der Waals surface area contributed by atoms with Crippen molar-refractivity contribution in [2.45, 2.75) is 0 Å². The number of amides is 1. The first-order valence-electron chi connectivity index (χ1n) is 5.08. The van der Waals surface area contributed by atoms with Crippen molar-refractivity contribution in [3.8, 4) is 0 Å². The highest BCUT2D eigenvalue weighted by Gasteiger charge is 2.11. The van der Waals surface area contributed by atoms with Gasteiger partial charge in [-0.1, -0.05) is 11.3 Å². The van der Waals surface area contributed by atoms with Crippen LogP contribution in [0.4, 0.5) is 9.52 Å². The predicted molar refractivity (Wildman–Crippen MR) is 66.1 cm³/mol. The van der Waals surface area contributed by atoms with Crippen molar-refractivity contribution in [1.29, 1.82) is 0 Å². The maximum atomic E-state index is 13.0. The van der Waals surface area contributed by atoms with E-state index in [0.717, 1.165) is 0 Å². The summed E-state index contributed by atoms with van der Waals surface area (Å²) in [5.74, 6) is -0.666. The number of benzene rings is 1. The van der Waals surface area contributed by atoms with Crippen LogP contribution in [0.5, 0.6) is 0 Å². The molecular formula is C11H7FN4OS. The fourth-order valence-electron chi connectivity index (χ4n) is 1.62. The lowest BCUT2D eigenvalue weighted by Gasteiger charge is -1.96. The van der Waals surface area contributed by atoms with Crippen LogP contribution in [0, 0.1) is 5.82 Å². The molecule has 1 amide bonds. The normalized spacial score (nSPS) is 10.7. The van der Waals surface area contributed by atoms with Gasteiger partial charge in [-0.2, -0.15) is 0 Å². The summed E-state index contributed by atoms with van der Waals surface area (Å²) < 4.78 is 13.0.